The molecule has 166 valence electrons. The summed E-state index contributed by atoms with van der Waals surface area (Å²) in [5, 5.41) is 0. The van der Waals surface area contributed by atoms with Gasteiger partial charge in [0.25, 0.3) is 5.82 Å². The molecule has 1 aliphatic rings. The molecule has 5 heteroatoms. The number of hydrogen-bond acceptors (Lipinski definition) is 3. The SMILES string of the molecule is CC.CC.CC.COc1ccc2c(c1C)N(c1cccc[n+]1C)B(c1ccccc1)O2. The van der Waals surface area contributed by atoms with Gasteiger partial charge in [0.05, 0.1) is 20.4 Å². The molecule has 2 aromatic carbocycles. The maximum atomic E-state index is 6.35. The van der Waals surface area contributed by atoms with Gasteiger partial charge in [-0.2, -0.15) is 0 Å². The number of methoxy groups -OCH3 is 1. The van der Waals surface area contributed by atoms with Crippen LogP contribution in [0.3, 0.4) is 0 Å². The van der Waals surface area contributed by atoms with Crippen LogP contribution < -0.4 is 24.2 Å². The predicted molar refractivity (Wildman–Crippen MR) is 134 cm³/mol. The van der Waals surface area contributed by atoms with E-state index in [2.05, 4.69) is 34.5 Å². The lowest BCUT2D eigenvalue weighted by molar-refractivity contribution is -0.658. The van der Waals surface area contributed by atoms with E-state index in [1.807, 2.05) is 97.3 Å². The minimum atomic E-state index is -0.212. The van der Waals surface area contributed by atoms with Gasteiger partial charge in [0.15, 0.2) is 5.69 Å². The summed E-state index contributed by atoms with van der Waals surface area (Å²) < 4.78 is 14.0. The highest BCUT2D eigenvalue weighted by atomic mass is 16.5. The first kappa shape index (κ1) is 26.1. The molecule has 0 saturated carbocycles. The maximum Gasteiger partial charge on any atom is 0.647 e. The molecule has 4 rings (SSSR count). The van der Waals surface area contributed by atoms with Crippen molar-refractivity contribution >= 4 is 24.0 Å². The monoisotopic (exact) mass is 421 g/mol. The second-order valence-electron chi connectivity index (χ2n) is 6.16. The van der Waals surface area contributed by atoms with Crippen LogP contribution in [0.15, 0.2) is 66.9 Å². The summed E-state index contributed by atoms with van der Waals surface area (Å²) in [6, 6.07) is 20.4. The Morgan fingerprint density at radius 2 is 1.45 bits per heavy atom. The van der Waals surface area contributed by atoms with Gasteiger partial charge in [-0.3, -0.25) is 0 Å². The van der Waals surface area contributed by atoms with Gasteiger partial charge in [-0.1, -0.05) is 77.9 Å². The first-order valence-electron chi connectivity index (χ1n) is 11.3. The van der Waals surface area contributed by atoms with Crippen molar-refractivity contribution in [2.45, 2.75) is 48.5 Å². The number of pyridine rings is 1. The predicted octanol–water partition coefficient (Wildman–Crippen LogP) is 5.83. The maximum absolute atomic E-state index is 6.35. The third kappa shape index (κ3) is 5.60. The summed E-state index contributed by atoms with van der Waals surface area (Å²) in [6.45, 7) is 14.1. The first-order chi connectivity index (χ1) is 15.2. The van der Waals surface area contributed by atoms with Crippen molar-refractivity contribution in [3.63, 3.8) is 0 Å². The molecule has 1 aliphatic heterocycles. The number of hydrogen-bond donors (Lipinski definition) is 0. The lowest BCUT2D eigenvalue weighted by Gasteiger charge is -2.18. The van der Waals surface area contributed by atoms with E-state index in [1.54, 1.807) is 7.11 Å². The number of anilines is 2. The van der Waals surface area contributed by atoms with Crippen molar-refractivity contribution in [2.24, 2.45) is 7.05 Å². The van der Waals surface area contributed by atoms with E-state index in [1.165, 1.54) is 0 Å². The van der Waals surface area contributed by atoms with Gasteiger partial charge in [-0.05, 0) is 25.1 Å². The number of fused-ring (bicyclic) bond motifs is 1. The van der Waals surface area contributed by atoms with Crippen LogP contribution in [0, 0.1) is 6.92 Å². The van der Waals surface area contributed by atoms with Crippen molar-refractivity contribution in [2.75, 3.05) is 11.9 Å². The third-order valence-electron chi connectivity index (χ3n) is 4.64. The fourth-order valence-corrected chi connectivity index (χ4v) is 3.40. The van der Waals surface area contributed by atoms with Crippen LogP contribution in [0.5, 0.6) is 11.5 Å². The van der Waals surface area contributed by atoms with Crippen LogP contribution in [0.25, 0.3) is 0 Å². The molecule has 0 unspecified atom stereocenters. The topological polar surface area (TPSA) is 25.6 Å². The molecule has 0 saturated heterocycles. The molecule has 0 fully saturated rings. The Labute approximate surface area is 189 Å². The lowest BCUT2D eigenvalue weighted by atomic mass is 9.71. The molecule has 0 spiro atoms. The number of aromatic nitrogens is 1. The van der Waals surface area contributed by atoms with E-state index in [4.69, 9.17) is 9.39 Å². The minimum absolute atomic E-state index is 0.212. The lowest BCUT2D eigenvalue weighted by Crippen LogP contribution is -2.51. The van der Waals surface area contributed by atoms with Crippen LogP contribution in [0.1, 0.15) is 47.1 Å². The molecule has 0 N–H and O–H groups in total. The molecule has 0 radical (unpaired) electrons. The second kappa shape index (κ2) is 13.4. The van der Waals surface area contributed by atoms with Gasteiger partial charge >= 0.3 is 7.05 Å². The Morgan fingerprint density at radius 1 is 0.839 bits per heavy atom. The average Bonchev–Trinajstić information content (AvgIpc) is 3.24. The van der Waals surface area contributed by atoms with Gasteiger partial charge in [-0.25, -0.2) is 9.38 Å². The van der Waals surface area contributed by atoms with E-state index in [9.17, 15) is 0 Å². The van der Waals surface area contributed by atoms with E-state index >= 15 is 0 Å². The Bertz CT molecular complexity index is 917. The van der Waals surface area contributed by atoms with E-state index < -0.39 is 0 Å². The van der Waals surface area contributed by atoms with Crippen LogP contribution in [-0.4, -0.2) is 14.2 Å². The van der Waals surface area contributed by atoms with Crippen LogP contribution >= 0.6 is 0 Å². The van der Waals surface area contributed by atoms with Crippen molar-refractivity contribution in [1.82, 2.24) is 0 Å². The molecular weight excluding hydrogens is 383 g/mol. The Kier molecular flexibility index (Phi) is 11.3. The minimum Gasteiger partial charge on any atom is -0.514 e. The Balaban J connectivity index is 0.000000739. The van der Waals surface area contributed by atoms with Gasteiger partial charge in [0.1, 0.15) is 11.5 Å². The van der Waals surface area contributed by atoms with Gasteiger partial charge < -0.3 is 9.39 Å². The molecular formula is C26H38BN2O2+. The highest BCUT2D eigenvalue weighted by Crippen LogP contribution is 2.45. The first-order valence-corrected chi connectivity index (χ1v) is 11.3. The van der Waals surface area contributed by atoms with E-state index in [0.717, 1.165) is 34.0 Å². The molecule has 3 aromatic rings. The zero-order valence-electron chi connectivity index (χ0n) is 20.6. The molecule has 4 nitrogen and oxygen atoms in total. The Morgan fingerprint density at radius 3 is 2.03 bits per heavy atom. The van der Waals surface area contributed by atoms with Crippen LogP contribution in [0.2, 0.25) is 0 Å². The fraction of sp³-hybridized carbons (Fsp3) is 0.346. The molecule has 0 bridgehead atoms. The zero-order valence-corrected chi connectivity index (χ0v) is 20.6. The normalized spacial score (nSPS) is 10.9. The van der Waals surface area contributed by atoms with Crippen LogP contribution in [0.4, 0.5) is 11.5 Å². The summed E-state index contributed by atoms with van der Waals surface area (Å²) in [7, 11) is 3.53. The number of rotatable bonds is 3. The summed E-state index contributed by atoms with van der Waals surface area (Å²) in [4.78, 5) is 2.24. The van der Waals surface area contributed by atoms with E-state index in [-0.39, 0.29) is 7.05 Å². The quantitative estimate of drug-likeness (QED) is 0.393. The Hall–Kier alpha value is -2.95. The number of nitrogens with zero attached hydrogens (tertiary/aromatic N) is 2. The molecule has 2 heterocycles. The largest absolute Gasteiger partial charge is 0.647 e. The molecule has 0 atom stereocenters. The van der Waals surface area contributed by atoms with Gasteiger partial charge in [-0.15, -0.1) is 0 Å². The number of ether oxygens (including phenoxy) is 1. The standard InChI is InChI=1S/C20H20BN2O2.3C2H6/c1-15-17(24-3)12-13-18-20(15)23(19-11-7-8-14-22(19)2)21(25-18)16-9-5-4-6-10-16;3*1-2/h4-14H,1-3H3;3*1-2H3/q+1;;;. The van der Waals surface area contributed by atoms with Crippen molar-refractivity contribution in [1.29, 1.82) is 0 Å². The third-order valence-corrected chi connectivity index (χ3v) is 4.64. The van der Waals surface area contributed by atoms with Crippen molar-refractivity contribution in [3.8, 4) is 11.5 Å². The summed E-state index contributed by atoms with van der Waals surface area (Å²) >= 11 is 0. The highest BCUT2D eigenvalue weighted by Gasteiger charge is 2.49. The molecule has 31 heavy (non-hydrogen) atoms. The fourth-order valence-electron chi connectivity index (χ4n) is 3.40. The van der Waals surface area contributed by atoms with Gasteiger partial charge in [0, 0.05) is 17.1 Å². The molecule has 0 aliphatic carbocycles. The van der Waals surface area contributed by atoms with Gasteiger partial charge in [0.2, 0.25) is 0 Å². The van der Waals surface area contributed by atoms with E-state index in [0.29, 0.717) is 0 Å². The number of benzene rings is 2. The summed E-state index contributed by atoms with van der Waals surface area (Å²) in [5.41, 5.74) is 3.23. The summed E-state index contributed by atoms with van der Waals surface area (Å²) in [6.07, 6.45) is 2.05. The molecule has 0 amide bonds. The average molecular weight is 421 g/mol. The number of aryl methyl sites for hydroxylation is 1. The smallest absolute Gasteiger partial charge is 0.514 e. The van der Waals surface area contributed by atoms with Crippen molar-refractivity contribution in [3.05, 3.63) is 72.4 Å². The highest BCUT2D eigenvalue weighted by molar-refractivity contribution is 6.74. The van der Waals surface area contributed by atoms with Crippen LogP contribution in [-0.2, 0) is 7.05 Å². The molecule has 1 aromatic heterocycles. The second-order valence-corrected chi connectivity index (χ2v) is 6.16. The summed E-state index contributed by atoms with van der Waals surface area (Å²) in [5.74, 6) is 2.79. The zero-order chi connectivity index (χ0) is 23.4. The van der Waals surface area contributed by atoms with Crippen molar-refractivity contribution < 1.29 is 14.0 Å².